The number of nitrogens with one attached hydrogen (secondary N) is 1. The third-order valence-electron chi connectivity index (χ3n) is 1.90. The van der Waals surface area contributed by atoms with E-state index >= 15 is 0 Å². The molecule has 1 N–H and O–H groups in total. The van der Waals surface area contributed by atoms with Gasteiger partial charge in [0.25, 0.3) is 0 Å². The summed E-state index contributed by atoms with van der Waals surface area (Å²) in [6, 6.07) is -0.149. The summed E-state index contributed by atoms with van der Waals surface area (Å²) in [5, 5.41) is 3.12. The number of amides is 1. The lowest BCUT2D eigenvalue weighted by Crippen LogP contribution is -2.43. The van der Waals surface area contributed by atoms with Crippen molar-refractivity contribution in [3.8, 4) is 0 Å². The highest BCUT2D eigenvalue weighted by Crippen LogP contribution is 2.05. The molecule has 0 aliphatic carbocycles. The van der Waals surface area contributed by atoms with E-state index in [0.717, 1.165) is 0 Å². The first-order valence-electron chi connectivity index (χ1n) is 5.32. The largest absolute Gasteiger partial charge is 0.375 e. The molecular weight excluding hydrogens is 192 g/mol. The summed E-state index contributed by atoms with van der Waals surface area (Å²) in [7, 11) is 3.51. The van der Waals surface area contributed by atoms with E-state index in [9.17, 15) is 4.79 Å². The van der Waals surface area contributed by atoms with Gasteiger partial charge in [0.15, 0.2) is 0 Å². The first-order valence-corrected chi connectivity index (χ1v) is 5.32. The molecule has 0 spiro atoms. The van der Waals surface area contributed by atoms with Crippen molar-refractivity contribution in [2.45, 2.75) is 39.3 Å². The van der Waals surface area contributed by atoms with Gasteiger partial charge in [-0.15, -0.1) is 0 Å². The van der Waals surface area contributed by atoms with Crippen LogP contribution in [0.15, 0.2) is 0 Å². The van der Waals surface area contributed by atoms with Gasteiger partial charge in [0.2, 0.25) is 5.91 Å². The predicted octanol–water partition coefficient (Wildman–Crippen LogP) is 0.868. The van der Waals surface area contributed by atoms with Gasteiger partial charge in [0.1, 0.15) is 0 Å². The van der Waals surface area contributed by atoms with Crippen LogP contribution in [0.4, 0.5) is 0 Å². The van der Waals surface area contributed by atoms with Crippen LogP contribution in [0.2, 0.25) is 0 Å². The molecule has 4 nitrogen and oxygen atoms in total. The molecule has 0 heterocycles. The fraction of sp³-hybridized carbons (Fsp3) is 0.909. The Bertz CT molecular complexity index is 197. The Morgan fingerprint density at radius 3 is 2.33 bits per heavy atom. The van der Waals surface area contributed by atoms with Gasteiger partial charge in [0, 0.05) is 20.6 Å². The van der Waals surface area contributed by atoms with Gasteiger partial charge in [-0.2, -0.15) is 0 Å². The molecule has 0 bridgehead atoms. The Hall–Kier alpha value is -0.610. The lowest BCUT2D eigenvalue weighted by molar-refractivity contribution is -0.130. The maximum Gasteiger partial charge on any atom is 0.238 e. The second kappa shape index (κ2) is 6.08. The fourth-order valence-corrected chi connectivity index (χ4v) is 1.11. The lowest BCUT2D eigenvalue weighted by atomic mass is 10.2. The molecule has 0 radical (unpaired) electrons. The van der Waals surface area contributed by atoms with Gasteiger partial charge < -0.3 is 15.0 Å². The van der Waals surface area contributed by atoms with Crippen molar-refractivity contribution in [2.24, 2.45) is 0 Å². The topological polar surface area (TPSA) is 41.6 Å². The zero-order valence-electron chi connectivity index (χ0n) is 10.8. The Balaban J connectivity index is 3.65. The van der Waals surface area contributed by atoms with Crippen LogP contribution in [0, 0.1) is 0 Å². The van der Waals surface area contributed by atoms with Gasteiger partial charge in [0.05, 0.1) is 18.2 Å². The zero-order valence-corrected chi connectivity index (χ0v) is 10.8. The second-order valence-electron chi connectivity index (χ2n) is 4.87. The highest BCUT2D eigenvalue weighted by molar-refractivity contribution is 5.80. The lowest BCUT2D eigenvalue weighted by Gasteiger charge is -2.21. The van der Waals surface area contributed by atoms with Gasteiger partial charge in [-0.3, -0.25) is 4.79 Å². The number of hydrogen-bond acceptors (Lipinski definition) is 3. The molecule has 0 aromatic heterocycles. The van der Waals surface area contributed by atoms with Crippen LogP contribution < -0.4 is 5.32 Å². The van der Waals surface area contributed by atoms with Crippen LogP contribution in [-0.4, -0.2) is 49.7 Å². The van der Waals surface area contributed by atoms with E-state index in [1.165, 1.54) is 0 Å². The summed E-state index contributed by atoms with van der Waals surface area (Å²) in [6.07, 6.45) is 0. The Morgan fingerprint density at radius 1 is 1.40 bits per heavy atom. The SMILES string of the molecule is CC(NCCOC(C)(C)C)C(=O)N(C)C. The molecule has 15 heavy (non-hydrogen) atoms. The van der Waals surface area contributed by atoms with E-state index in [1.54, 1.807) is 19.0 Å². The van der Waals surface area contributed by atoms with Crippen molar-refractivity contribution in [2.75, 3.05) is 27.2 Å². The van der Waals surface area contributed by atoms with Gasteiger partial charge in [-0.1, -0.05) is 0 Å². The minimum Gasteiger partial charge on any atom is -0.375 e. The third-order valence-corrected chi connectivity index (χ3v) is 1.90. The zero-order chi connectivity index (χ0) is 12.1. The van der Waals surface area contributed by atoms with Crippen molar-refractivity contribution in [3.05, 3.63) is 0 Å². The van der Waals surface area contributed by atoms with Crippen LogP contribution in [-0.2, 0) is 9.53 Å². The van der Waals surface area contributed by atoms with Crippen LogP contribution in [0.5, 0.6) is 0 Å². The normalized spacial score (nSPS) is 13.7. The number of rotatable bonds is 5. The first kappa shape index (κ1) is 14.4. The van der Waals surface area contributed by atoms with Crippen molar-refractivity contribution < 1.29 is 9.53 Å². The van der Waals surface area contributed by atoms with Gasteiger partial charge >= 0.3 is 0 Å². The average Bonchev–Trinajstić information content (AvgIpc) is 2.09. The molecule has 0 rings (SSSR count). The quantitative estimate of drug-likeness (QED) is 0.693. The summed E-state index contributed by atoms with van der Waals surface area (Å²) >= 11 is 0. The minimum atomic E-state index is -0.149. The summed E-state index contributed by atoms with van der Waals surface area (Å²) in [5.41, 5.74) is -0.115. The molecule has 4 heteroatoms. The molecular formula is C11H24N2O2. The summed E-state index contributed by atoms with van der Waals surface area (Å²) < 4.78 is 5.53. The smallest absolute Gasteiger partial charge is 0.238 e. The van der Waals surface area contributed by atoms with Crippen LogP contribution in [0.25, 0.3) is 0 Å². The minimum absolute atomic E-state index is 0.0887. The summed E-state index contributed by atoms with van der Waals surface area (Å²) in [6.45, 7) is 9.22. The predicted molar refractivity (Wildman–Crippen MR) is 61.9 cm³/mol. The molecule has 0 aliphatic heterocycles. The molecule has 1 amide bonds. The molecule has 0 aromatic carbocycles. The highest BCUT2D eigenvalue weighted by atomic mass is 16.5. The van der Waals surface area contributed by atoms with Crippen LogP contribution in [0.3, 0.4) is 0 Å². The molecule has 0 saturated carbocycles. The Kier molecular flexibility index (Phi) is 5.83. The number of likely N-dealkylation sites (N-methyl/N-ethyl adjacent to an activating group) is 1. The number of carbonyl (C=O) groups excluding carboxylic acids is 1. The summed E-state index contributed by atoms with van der Waals surface area (Å²) in [4.78, 5) is 13.0. The summed E-state index contributed by atoms with van der Waals surface area (Å²) in [5.74, 6) is 0.0887. The number of nitrogens with zero attached hydrogens (tertiary/aromatic N) is 1. The van der Waals surface area contributed by atoms with Crippen molar-refractivity contribution in [1.82, 2.24) is 10.2 Å². The second-order valence-corrected chi connectivity index (χ2v) is 4.87. The van der Waals surface area contributed by atoms with Crippen molar-refractivity contribution >= 4 is 5.91 Å². The monoisotopic (exact) mass is 216 g/mol. The molecule has 0 aliphatic rings. The van der Waals surface area contributed by atoms with Gasteiger partial charge in [-0.05, 0) is 27.7 Å². The molecule has 0 saturated heterocycles. The molecule has 1 atom stereocenters. The van der Waals surface area contributed by atoms with E-state index in [4.69, 9.17) is 4.74 Å². The standard InChI is InChI=1S/C11H24N2O2/c1-9(10(14)13(5)6)12-7-8-15-11(2,3)4/h9,12H,7-8H2,1-6H3. The molecule has 0 fully saturated rings. The van der Waals surface area contributed by atoms with Crippen LogP contribution in [0.1, 0.15) is 27.7 Å². The molecule has 0 aromatic rings. The Labute approximate surface area is 93.0 Å². The fourth-order valence-electron chi connectivity index (χ4n) is 1.11. The van der Waals surface area contributed by atoms with Gasteiger partial charge in [-0.25, -0.2) is 0 Å². The highest BCUT2D eigenvalue weighted by Gasteiger charge is 2.14. The van der Waals surface area contributed by atoms with Crippen molar-refractivity contribution in [1.29, 1.82) is 0 Å². The van der Waals surface area contributed by atoms with E-state index in [-0.39, 0.29) is 17.6 Å². The van der Waals surface area contributed by atoms with E-state index in [1.807, 2.05) is 27.7 Å². The van der Waals surface area contributed by atoms with Crippen LogP contribution >= 0.6 is 0 Å². The molecule has 90 valence electrons. The molecule has 1 unspecified atom stereocenters. The Morgan fingerprint density at radius 2 is 1.93 bits per heavy atom. The number of ether oxygens (including phenoxy) is 1. The number of carbonyl (C=O) groups is 1. The van der Waals surface area contributed by atoms with E-state index < -0.39 is 0 Å². The van der Waals surface area contributed by atoms with Crippen molar-refractivity contribution in [3.63, 3.8) is 0 Å². The third kappa shape index (κ3) is 7.33. The maximum absolute atomic E-state index is 11.5. The first-order chi connectivity index (χ1) is 6.74. The average molecular weight is 216 g/mol. The van der Waals surface area contributed by atoms with E-state index in [0.29, 0.717) is 13.2 Å². The maximum atomic E-state index is 11.5. The van der Waals surface area contributed by atoms with E-state index in [2.05, 4.69) is 5.32 Å². The number of hydrogen-bond donors (Lipinski definition) is 1.